The molecule has 168 valence electrons. The van der Waals surface area contributed by atoms with Crippen molar-refractivity contribution in [2.45, 2.75) is 58.5 Å². The smallest absolute Gasteiger partial charge is 0.281 e. The molecule has 1 amide bonds. The SMILES string of the molecule is Cc1c(C#N)cnc2c1nc([C@H](CC1CC1)NC(=O)c1cnc(C(F)F)cn1)n2C(C)C.[HH]. The second-order valence-electron chi connectivity index (χ2n) is 8.35. The van der Waals surface area contributed by atoms with E-state index in [0.717, 1.165) is 30.8 Å². The Morgan fingerprint density at radius 2 is 2.03 bits per heavy atom. The minimum Gasteiger partial charge on any atom is -0.341 e. The summed E-state index contributed by atoms with van der Waals surface area (Å²) in [5, 5.41) is 12.3. The first kappa shape index (κ1) is 21.7. The molecule has 1 aliphatic rings. The number of aromatic nitrogens is 5. The van der Waals surface area contributed by atoms with Crippen LogP contribution in [0.15, 0.2) is 18.6 Å². The Hall–Kier alpha value is -3.48. The second-order valence-corrected chi connectivity index (χ2v) is 8.35. The van der Waals surface area contributed by atoms with Crippen LogP contribution in [0.3, 0.4) is 0 Å². The maximum Gasteiger partial charge on any atom is 0.281 e. The zero-order valence-corrected chi connectivity index (χ0v) is 18.0. The van der Waals surface area contributed by atoms with E-state index in [1.54, 1.807) is 0 Å². The molecule has 0 bridgehead atoms. The van der Waals surface area contributed by atoms with Gasteiger partial charge in [0.2, 0.25) is 0 Å². The number of amides is 1. The fraction of sp³-hybridized carbons (Fsp3) is 0.455. The number of rotatable bonds is 7. The second kappa shape index (κ2) is 8.57. The first-order valence-corrected chi connectivity index (χ1v) is 10.5. The number of alkyl halides is 2. The van der Waals surface area contributed by atoms with E-state index in [0.29, 0.717) is 34.9 Å². The average Bonchev–Trinajstić information content (AvgIpc) is 3.49. The van der Waals surface area contributed by atoms with E-state index in [2.05, 4.69) is 26.3 Å². The van der Waals surface area contributed by atoms with Crippen LogP contribution in [-0.2, 0) is 0 Å². The van der Waals surface area contributed by atoms with Gasteiger partial charge >= 0.3 is 0 Å². The summed E-state index contributed by atoms with van der Waals surface area (Å²) in [7, 11) is 0. The molecular formula is C22H25F2N7O. The zero-order chi connectivity index (χ0) is 23.0. The topological polar surface area (TPSA) is 109 Å². The Labute approximate surface area is 185 Å². The molecule has 0 aromatic carbocycles. The number of nitrogens with one attached hydrogen (secondary N) is 1. The van der Waals surface area contributed by atoms with Crippen molar-refractivity contribution in [2.75, 3.05) is 0 Å². The number of nitriles is 1. The Morgan fingerprint density at radius 3 is 2.59 bits per heavy atom. The molecule has 4 rings (SSSR count). The summed E-state index contributed by atoms with van der Waals surface area (Å²) in [4.78, 5) is 29.6. The third-order valence-electron chi connectivity index (χ3n) is 5.64. The van der Waals surface area contributed by atoms with Crippen molar-refractivity contribution in [1.29, 1.82) is 5.26 Å². The fourth-order valence-electron chi connectivity index (χ4n) is 3.75. The van der Waals surface area contributed by atoms with Crippen LogP contribution in [0.5, 0.6) is 0 Å². The molecule has 3 heterocycles. The van der Waals surface area contributed by atoms with E-state index in [9.17, 15) is 18.8 Å². The van der Waals surface area contributed by atoms with Crippen molar-refractivity contribution in [1.82, 2.24) is 29.8 Å². The van der Waals surface area contributed by atoms with E-state index < -0.39 is 24.1 Å². The van der Waals surface area contributed by atoms with Gasteiger partial charge in [0, 0.05) is 13.7 Å². The summed E-state index contributed by atoms with van der Waals surface area (Å²) in [6.07, 6.45) is 3.60. The molecule has 1 aliphatic carbocycles. The number of hydrogen-bond acceptors (Lipinski definition) is 6. The standard InChI is InChI=1S/C22H23F2N7O.H2/c1-11(2)31-20(30-18-12(3)14(7-25)8-28-21(18)31)15(6-13-4-5-13)29-22(32)17-10-26-16(9-27-17)19(23)24;/h8-11,13,15,19H,4-6H2,1-3H3,(H,29,32);1H/t15-;/m0./s1. The molecule has 3 aromatic rings. The molecule has 0 unspecified atom stereocenters. The van der Waals surface area contributed by atoms with Gasteiger partial charge < -0.3 is 9.88 Å². The van der Waals surface area contributed by atoms with Gasteiger partial charge in [0.15, 0.2) is 5.65 Å². The number of carbonyl (C=O) groups excluding carboxylic acids is 1. The number of aryl methyl sites for hydroxylation is 1. The molecule has 3 aromatic heterocycles. The molecule has 8 nitrogen and oxygen atoms in total. The summed E-state index contributed by atoms with van der Waals surface area (Å²) in [6, 6.07) is 1.72. The van der Waals surface area contributed by atoms with Crippen molar-refractivity contribution in [3.8, 4) is 6.07 Å². The lowest BCUT2D eigenvalue weighted by Gasteiger charge is -2.21. The summed E-state index contributed by atoms with van der Waals surface area (Å²) in [5.74, 6) is 0.614. The number of imidazole rings is 1. The monoisotopic (exact) mass is 441 g/mol. The van der Waals surface area contributed by atoms with E-state index in [4.69, 9.17) is 4.98 Å². The molecule has 0 aliphatic heterocycles. The van der Waals surface area contributed by atoms with Crippen LogP contribution in [0, 0.1) is 24.2 Å². The third-order valence-corrected chi connectivity index (χ3v) is 5.64. The van der Waals surface area contributed by atoms with E-state index >= 15 is 0 Å². The number of fused-ring (bicyclic) bond motifs is 1. The van der Waals surface area contributed by atoms with Crippen LogP contribution in [0.1, 0.15) is 86.2 Å². The van der Waals surface area contributed by atoms with Gasteiger partial charge in [0.1, 0.15) is 28.8 Å². The summed E-state index contributed by atoms with van der Waals surface area (Å²) >= 11 is 0. The van der Waals surface area contributed by atoms with Gasteiger partial charge in [0.25, 0.3) is 12.3 Å². The number of carbonyl (C=O) groups is 1. The zero-order valence-electron chi connectivity index (χ0n) is 18.0. The fourth-order valence-corrected chi connectivity index (χ4v) is 3.75. The Balaban J connectivity index is 0.00000306. The first-order chi connectivity index (χ1) is 15.3. The van der Waals surface area contributed by atoms with Crippen molar-refractivity contribution in [3.05, 3.63) is 46.9 Å². The number of hydrogen-bond donors (Lipinski definition) is 1. The summed E-state index contributed by atoms with van der Waals surface area (Å²) in [6.45, 7) is 5.84. The lowest BCUT2D eigenvalue weighted by Crippen LogP contribution is -2.32. The molecule has 0 spiro atoms. The molecular weight excluding hydrogens is 416 g/mol. The summed E-state index contributed by atoms with van der Waals surface area (Å²) < 4.78 is 27.5. The molecule has 1 N–H and O–H groups in total. The highest BCUT2D eigenvalue weighted by atomic mass is 19.3. The molecule has 10 heteroatoms. The van der Waals surface area contributed by atoms with Crippen LogP contribution in [-0.4, -0.2) is 30.4 Å². The largest absolute Gasteiger partial charge is 0.341 e. The lowest BCUT2D eigenvalue weighted by molar-refractivity contribution is 0.0923. The number of halogens is 2. The van der Waals surface area contributed by atoms with Crippen molar-refractivity contribution >= 4 is 17.1 Å². The highest BCUT2D eigenvalue weighted by Gasteiger charge is 2.32. The third kappa shape index (κ3) is 4.15. The predicted octanol–water partition coefficient (Wildman–Crippen LogP) is 4.44. The van der Waals surface area contributed by atoms with Crippen LogP contribution in [0.25, 0.3) is 11.2 Å². The maximum atomic E-state index is 12.9. The van der Waals surface area contributed by atoms with Gasteiger partial charge in [-0.2, -0.15) is 5.26 Å². The van der Waals surface area contributed by atoms with Crippen molar-refractivity contribution < 1.29 is 15.0 Å². The van der Waals surface area contributed by atoms with Gasteiger partial charge in [-0.1, -0.05) is 12.8 Å². The van der Waals surface area contributed by atoms with Gasteiger partial charge in [-0.15, -0.1) is 0 Å². The molecule has 1 fully saturated rings. The minimum atomic E-state index is -2.75. The average molecular weight is 441 g/mol. The van der Waals surface area contributed by atoms with Crippen LogP contribution >= 0.6 is 0 Å². The van der Waals surface area contributed by atoms with Crippen LogP contribution in [0.4, 0.5) is 8.78 Å². The van der Waals surface area contributed by atoms with Crippen LogP contribution < -0.4 is 5.32 Å². The number of nitrogens with zero attached hydrogens (tertiary/aromatic N) is 6. The van der Waals surface area contributed by atoms with Crippen molar-refractivity contribution in [3.63, 3.8) is 0 Å². The predicted molar refractivity (Wildman–Crippen MR) is 114 cm³/mol. The van der Waals surface area contributed by atoms with Gasteiger partial charge in [-0.25, -0.2) is 23.7 Å². The van der Waals surface area contributed by atoms with E-state index in [-0.39, 0.29) is 13.2 Å². The van der Waals surface area contributed by atoms with E-state index in [1.807, 2.05) is 25.3 Å². The number of pyridine rings is 1. The maximum absolute atomic E-state index is 12.9. The van der Waals surface area contributed by atoms with Gasteiger partial charge in [-0.3, -0.25) is 9.78 Å². The van der Waals surface area contributed by atoms with Crippen LogP contribution in [0.2, 0.25) is 0 Å². The minimum absolute atomic E-state index is 0. The molecule has 0 saturated heterocycles. The quantitative estimate of drug-likeness (QED) is 0.581. The molecule has 1 atom stereocenters. The van der Waals surface area contributed by atoms with Gasteiger partial charge in [0.05, 0.1) is 24.0 Å². The Kier molecular flexibility index (Phi) is 5.82. The molecule has 1 saturated carbocycles. The first-order valence-electron chi connectivity index (χ1n) is 10.5. The Morgan fingerprint density at radius 1 is 1.28 bits per heavy atom. The highest BCUT2D eigenvalue weighted by molar-refractivity contribution is 5.92. The van der Waals surface area contributed by atoms with Gasteiger partial charge in [-0.05, 0) is 38.7 Å². The summed E-state index contributed by atoms with van der Waals surface area (Å²) in [5.41, 5.74) is 1.96. The van der Waals surface area contributed by atoms with E-state index in [1.165, 1.54) is 6.20 Å². The normalized spacial score (nSPS) is 14.7. The Bertz CT molecular complexity index is 1200. The molecule has 0 radical (unpaired) electrons. The molecule has 32 heavy (non-hydrogen) atoms. The van der Waals surface area contributed by atoms with Crippen molar-refractivity contribution in [2.24, 2.45) is 5.92 Å². The lowest BCUT2D eigenvalue weighted by atomic mass is 10.1. The highest BCUT2D eigenvalue weighted by Crippen LogP contribution is 2.39.